The number of carbonyl (C=O) groups excluding carboxylic acids is 1. The molecule has 0 unspecified atom stereocenters. The molecule has 0 aliphatic heterocycles. The van der Waals surface area contributed by atoms with Gasteiger partial charge in [0.15, 0.2) is 11.5 Å². The highest BCUT2D eigenvalue weighted by Crippen LogP contribution is 2.37. The van der Waals surface area contributed by atoms with Gasteiger partial charge in [0.1, 0.15) is 0 Å². The van der Waals surface area contributed by atoms with Gasteiger partial charge in [-0.25, -0.2) is 0 Å². The smallest absolute Gasteiger partial charge is 0.254 e. The molecule has 2 aliphatic carbocycles. The molecule has 3 rings (SSSR count). The zero-order chi connectivity index (χ0) is 16.4. The van der Waals surface area contributed by atoms with E-state index in [0.717, 1.165) is 31.6 Å². The van der Waals surface area contributed by atoms with Crippen molar-refractivity contribution >= 4 is 5.91 Å². The van der Waals surface area contributed by atoms with Gasteiger partial charge in [-0.15, -0.1) is 0 Å². The predicted molar refractivity (Wildman–Crippen MR) is 90.2 cm³/mol. The van der Waals surface area contributed by atoms with Gasteiger partial charge in [-0.2, -0.15) is 0 Å². The van der Waals surface area contributed by atoms with E-state index in [4.69, 9.17) is 9.47 Å². The van der Waals surface area contributed by atoms with Crippen LogP contribution in [0.15, 0.2) is 18.2 Å². The van der Waals surface area contributed by atoms with Crippen LogP contribution in [0.4, 0.5) is 0 Å². The van der Waals surface area contributed by atoms with Gasteiger partial charge in [0.2, 0.25) is 0 Å². The number of nitrogens with zero attached hydrogens (tertiary/aromatic N) is 1. The van der Waals surface area contributed by atoms with Gasteiger partial charge in [0.25, 0.3) is 5.91 Å². The molecule has 0 atom stereocenters. The first kappa shape index (κ1) is 16.2. The van der Waals surface area contributed by atoms with Gasteiger partial charge in [-0.1, -0.05) is 6.92 Å². The van der Waals surface area contributed by atoms with Crippen LogP contribution in [0.3, 0.4) is 0 Å². The highest BCUT2D eigenvalue weighted by Gasteiger charge is 2.38. The number of methoxy groups -OCH3 is 2. The van der Waals surface area contributed by atoms with Gasteiger partial charge >= 0.3 is 0 Å². The molecule has 0 saturated heterocycles. The molecule has 0 radical (unpaired) electrons. The Bertz CT molecular complexity index is 560. The maximum Gasteiger partial charge on any atom is 0.254 e. The number of amides is 1. The van der Waals surface area contributed by atoms with Crippen molar-refractivity contribution in [3.05, 3.63) is 23.8 Å². The van der Waals surface area contributed by atoms with E-state index in [1.807, 2.05) is 18.2 Å². The first-order chi connectivity index (χ1) is 11.1. The lowest BCUT2D eigenvalue weighted by Crippen LogP contribution is -2.43. The molecule has 0 heterocycles. The topological polar surface area (TPSA) is 38.8 Å². The Balaban J connectivity index is 1.81. The lowest BCUT2D eigenvalue weighted by molar-refractivity contribution is 0.0592. The standard InChI is InChI=1S/C19H27NO3/c1-13-4-7-15(8-5-13)20(16-9-10-16)19(21)14-6-11-17(22-2)18(12-14)23-3/h6,11-13,15-16H,4-5,7-10H2,1-3H3. The van der Waals surface area contributed by atoms with E-state index in [2.05, 4.69) is 11.8 Å². The lowest BCUT2D eigenvalue weighted by atomic mass is 9.86. The van der Waals surface area contributed by atoms with Crippen LogP contribution < -0.4 is 9.47 Å². The first-order valence-electron chi connectivity index (χ1n) is 8.68. The molecule has 2 aliphatic rings. The molecule has 2 saturated carbocycles. The Labute approximate surface area is 138 Å². The largest absolute Gasteiger partial charge is 0.493 e. The minimum Gasteiger partial charge on any atom is -0.493 e. The molecular formula is C19H27NO3. The molecule has 23 heavy (non-hydrogen) atoms. The van der Waals surface area contributed by atoms with Crippen molar-refractivity contribution in [1.29, 1.82) is 0 Å². The van der Waals surface area contributed by atoms with E-state index in [0.29, 0.717) is 29.1 Å². The lowest BCUT2D eigenvalue weighted by Gasteiger charge is -2.36. The number of benzene rings is 1. The second kappa shape index (κ2) is 6.81. The third-order valence-corrected chi connectivity index (χ3v) is 5.18. The SMILES string of the molecule is COc1ccc(C(=O)N(C2CCC(C)CC2)C2CC2)cc1OC. The molecule has 0 bridgehead atoms. The van der Waals surface area contributed by atoms with E-state index in [1.165, 1.54) is 12.8 Å². The van der Waals surface area contributed by atoms with Gasteiger partial charge in [0.05, 0.1) is 14.2 Å². The molecule has 2 fully saturated rings. The summed E-state index contributed by atoms with van der Waals surface area (Å²) in [6.45, 7) is 2.31. The Morgan fingerprint density at radius 3 is 2.04 bits per heavy atom. The Morgan fingerprint density at radius 1 is 0.957 bits per heavy atom. The normalized spacial score (nSPS) is 24.1. The third-order valence-electron chi connectivity index (χ3n) is 5.18. The number of hydrogen-bond donors (Lipinski definition) is 0. The molecule has 4 nitrogen and oxygen atoms in total. The molecule has 0 N–H and O–H groups in total. The van der Waals surface area contributed by atoms with E-state index >= 15 is 0 Å². The monoisotopic (exact) mass is 317 g/mol. The summed E-state index contributed by atoms with van der Waals surface area (Å²) in [5.74, 6) is 2.22. The number of rotatable bonds is 5. The van der Waals surface area contributed by atoms with Crippen LogP contribution in [-0.2, 0) is 0 Å². The van der Waals surface area contributed by atoms with Crippen LogP contribution in [0.2, 0.25) is 0 Å². The highest BCUT2D eigenvalue weighted by atomic mass is 16.5. The molecule has 1 aromatic carbocycles. The van der Waals surface area contributed by atoms with Crippen molar-refractivity contribution in [2.75, 3.05) is 14.2 Å². The van der Waals surface area contributed by atoms with Crippen molar-refractivity contribution in [2.45, 2.75) is 57.5 Å². The van der Waals surface area contributed by atoms with Crippen molar-refractivity contribution in [1.82, 2.24) is 4.90 Å². The average molecular weight is 317 g/mol. The van der Waals surface area contributed by atoms with Crippen LogP contribution in [0, 0.1) is 5.92 Å². The fourth-order valence-electron chi connectivity index (χ4n) is 3.62. The molecule has 1 amide bonds. The first-order valence-corrected chi connectivity index (χ1v) is 8.68. The van der Waals surface area contributed by atoms with Crippen LogP contribution >= 0.6 is 0 Å². The Morgan fingerprint density at radius 2 is 1.52 bits per heavy atom. The van der Waals surface area contributed by atoms with Crippen molar-refractivity contribution in [3.8, 4) is 11.5 Å². The number of hydrogen-bond acceptors (Lipinski definition) is 3. The average Bonchev–Trinajstić information content (AvgIpc) is 3.41. The molecule has 126 valence electrons. The van der Waals surface area contributed by atoms with Crippen molar-refractivity contribution in [3.63, 3.8) is 0 Å². The van der Waals surface area contributed by atoms with E-state index in [1.54, 1.807) is 14.2 Å². The van der Waals surface area contributed by atoms with Crippen molar-refractivity contribution in [2.24, 2.45) is 5.92 Å². The third kappa shape index (κ3) is 3.46. The predicted octanol–water partition coefficient (Wildman–Crippen LogP) is 3.89. The van der Waals surface area contributed by atoms with Crippen molar-refractivity contribution < 1.29 is 14.3 Å². The van der Waals surface area contributed by atoms with E-state index < -0.39 is 0 Å². The Hall–Kier alpha value is -1.71. The van der Waals surface area contributed by atoms with Gasteiger partial charge < -0.3 is 14.4 Å². The maximum atomic E-state index is 13.1. The molecule has 0 aromatic heterocycles. The molecular weight excluding hydrogens is 290 g/mol. The van der Waals surface area contributed by atoms with Gasteiger partial charge in [-0.05, 0) is 62.6 Å². The second-order valence-corrected chi connectivity index (χ2v) is 6.93. The summed E-state index contributed by atoms with van der Waals surface area (Å²) in [5.41, 5.74) is 0.702. The van der Waals surface area contributed by atoms with Crippen LogP contribution in [0.5, 0.6) is 11.5 Å². The molecule has 4 heteroatoms. The molecule has 1 aromatic rings. The Kier molecular flexibility index (Phi) is 4.79. The van der Waals surface area contributed by atoms with Gasteiger partial charge in [-0.3, -0.25) is 4.79 Å². The minimum atomic E-state index is 0.146. The van der Waals surface area contributed by atoms with Crippen LogP contribution in [-0.4, -0.2) is 37.1 Å². The fourth-order valence-corrected chi connectivity index (χ4v) is 3.62. The summed E-state index contributed by atoms with van der Waals surface area (Å²) in [6, 6.07) is 6.32. The van der Waals surface area contributed by atoms with Gasteiger partial charge in [0, 0.05) is 17.6 Å². The quantitative estimate of drug-likeness (QED) is 0.827. The zero-order valence-electron chi connectivity index (χ0n) is 14.4. The summed E-state index contributed by atoms with van der Waals surface area (Å²) in [7, 11) is 3.21. The summed E-state index contributed by atoms with van der Waals surface area (Å²) in [4.78, 5) is 15.3. The summed E-state index contributed by atoms with van der Waals surface area (Å²) in [5, 5.41) is 0. The summed E-state index contributed by atoms with van der Waals surface area (Å²) < 4.78 is 10.6. The number of carbonyl (C=O) groups is 1. The number of ether oxygens (including phenoxy) is 2. The summed E-state index contributed by atoms with van der Waals surface area (Å²) in [6.07, 6.45) is 7.02. The van der Waals surface area contributed by atoms with Crippen LogP contribution in [0.1, 0.15) is 55.8 Å². The van der Waals surface area contributed by atoms with E-state index in [9.17, 15) is 4.79 Å². The highest BCUT2D eigenvalue weighted by molar-refractivity contribution is 5.95. The van der Waals surface area contributed by atoms with E-state index in [-0.39, 0.29) is 5.91 Å². The fraction of sp³-hybridized carbons (Fsp3) is 0.632. The molecule has 0 spiro atoms. The second-order valence-electron chi connectivity index (χ2n) is 6.93. The minimum absolute atomic E-state index is 0.146. The zero-order valence-corrected chi connectivity index (χ0v) is 14.4. The summed E-state index contributed by atoms with van der Waals surface area (Å²) >= 11 is 0. The maximum absolute atomic E-state index is 13.1. The van der Waals surface area contributed by atoms with Crippen LogP contribution in [0.25, 0.3) is 0 Å².